The Bertz CT molecular complexity index is 901. The van der Waals surface area contributed by atoms with Crippen molar-refractivity contribution in [3.8, 4) is 17.2 Å². The highest BCUT2D eigenvalue weighted by Gasteiger charge is 2.25. The minimum absolute atomic E-state index is 0.0717. The van der Waals surface area contributed by atoms with Gasteiger partial charge in [0.2, 0.25) is 0 Å². The summed E-state index contributed by atoms with van der Waals surface area (Å²) in [5.74, 6) is 0.854. The lowest BCUT2D eigenvalue weighted by Gasteiger charge is -2.11. The van der Waals surface area contributed by atoms with Crippen molar-refractivity contribution in [2.45, 2.75) is 25.3 Å². The Morgan fingerprint density at radius 3 is 2.08 bits per heavy atom. The molecule has 0 amide bonds. The molecule has 1 aliphatic carbocycles. The van der Waals surface area contributed by atoms with Crippen LogP contribution in [0.3, 0.4) is 0 Å². The van der Waals surface area contributed by atoms with Gasteiger partial charge >= 0.3 is 0 Å². The molecule has 0 radical (unpaired) electrons. The van der Waals surface area contributed by atoms with Gasteiger partial charge in [0.05, 0.1) is 18.0 Å². The van der Waals surface area contributed by atoms with Crippen molar-refractivity contribution in [3.05, 3.63) is 83.8 Å². The summed E-state index contributed by atoms with van der Waals surface area (Å²) in [7, 11) is 0. The van der Waals surface area contributed by atoms with E-state index in [0.29, 0.717) is 6.42 Å². The number of benzene rings is 2. The third kappa shape index (κ3) is 2.88. The van der Waals surface area contributed by atoms with Crippen LogP contribution in [0.4, 0.5) is 0 Å². The summed E-state index contributed by atoms with van der Waals surface area (Å²) in [5, 5.41) is 8.85. The number of furan rings is 1. The van der Waals surface area contributed by atoms with Gasteiger partial charge in [0, 0.05) is 17.5 Å². The Morgan fingerprint density at radius 1 is 0.880 bits per heavy atom. The van der Waals surface area contributed by atoms with Crippen LogP contribution in [0.25, 0.3) is 11.1 Å². The molecule has 25 heavy (non-hydrogen) atoms. The van der Waals surface area contributed by atoms with Gasteiger partial charge in [-0.1, -0.05) is 48.5 Å². The highest BCUT2D eigenvalue weighted by Crippen LogP contribution is 2.38. The zero-order valence-electron chi connectivity index (χ0n) is 13.9. The molecule has 122 valence electrons. The highest BCUT2D eigenvalue weighted by atomic mass is 16.3. The summed E-state index contributed by atoms with van der Waals surface area (Å²) < 4.78 is 5.62. The van der Waals surface area contributed by atoms with Gasteiger partial charge in [0.1, 0.15) is 11.8 Å². The van der Waals surface area contributed by atoms with Gasteiger partial charge in [-0.15, -0.1) is 0 Å². The highest BCUT2D eigenvalue weighted by molar-refractivity contribution is 6.24. The third-order valence-corrected chi connectivity index (χ3v) is 4.58. The summed E-state index contributed by atoms with van der Waals surface area (Å²) in [4.78, 5) is 5.09. The Balaban J connectivity index is 1.79. The van der Waals surface area contributed by atoms with Crippen LogP contribution in [0, 0.1) is 11.3 Å². The van der Waals surface area contributed by atoms with Gasteiger partial charge < -0.3 is 4.42 Å². The molecule has 0 saturated heterocycles. The van der Waals surface area contributed by atoms with E-state index in [0.717, 1.165) is 24.3 Å². The molecule has 0 fully saturated rings. The van der Waals surface area contributed by atoms with Gasteiger partial charge in [-0.05, 0) is 36.1 Å². The first kappa shape index (κ1) is 15.4. The average molecular weight is 326 g/mol. The maximum atomic E-state index is 8.85. The molecule has 3 heteroatoms. The van der Waals surface area contributed by atoms with E-state index in [-0.39, 0.29) is 6.04 Å². The van der Waals surface area contributed by atoms with E-state index in [1.54, 1.807) is 6.26 Å². The molecular formula is C22H18N2O. The fourth-order valence-corrected chi connectivity index (χ4v) is 3.41. The molecule has 3 nitrogen and oxygen atoms in total. The van der Waals surface area contributed by atoms with Gasteiger partial charge in [-0.3, -0.25) is 4.99 Å². The van der Waals surface area contributed by atoms with Gasteiger partial charge in [-0.25, -0.2) is 0 Å². The van der Waals surface area contributed by atoms with Crippen LogP contribution < -0.4 is 0 Å². The van der Waals surface area contributed by atoms with Crippen LogP contribution in [-0.4, -0.2) is 5.71 Å². The average Bonchev–Trinajstić information content (AvgIpc) is 3.29. The van der Waals surface area contributed by atoms with Gasteiger partial charge in [0.15, 0.2) is 0 Å². The van der Waals surface area contributed by atoms with Crippen LogP contribution in [-0.2, 0) is 0 Å². The molecule has 0 saturated carbocycles. The van der Waals surface area contributed by atoms with Crippen molar-refractivity contribution in [2.24, 2.45) is 4.99 Å². The molecule has 1 aliphatic rings. The van der Waals surface area contributed by atoms with Gasteiger partial charge in [-0.2, -0.15) is 5.26 Å². The number of hydrogen-bond acceptors (Lipinski definition) is 3. The van der Waals surface area contributed by atoms with E-state index in [1.807, 2.05) is 12.1 Å². The van der Waals surface area contributed by atoms with Crippen LogP contribution in [0.5, 0.6) is 0 Å². The number of hydrogen-bond donors (Lipinski definition) is 0. The lowest BCUT2D eigenvalue weighted by molar-refractivity contribution is 0.449. The summed E-state index contributed by atoms with van der Waals surface area (Å²) in [6.07, 6.45) is 3.83. The number of rotatable bonds is 5. The number of unbranched alkanes of at least 4 members (excludes halogenated alkanes) is 1. The van der Waals surface area contributed by atoms with E-state index < -0.39 is 0 Å². The van der Waals surface area contributed by atoms with Crippen LogP contribution >= 0.6 is 0 Å². The fourth-order valence-electron chi connectivity index (χ4n) is 3.41. The van der Waals surface area contributed by atoms with E-state index in [4.69, 9.17) is 14.7 Å². The SMILES string of the molecule is N#CCCCC(N=C1c2ccccc2-c2ccccc21)c1ccco1. The molecule has 4 rings (SSSR count). The first-order chi connectivity index (χ1) is 12.4. The lowest BCUT2D eigenvalue weighted by Crippen LogP contribution is -2.04. The Kier molecular flexibility index (Phi) is 4.18. The van der Waals surface area contributed by atoms with E-state index in [2.05, 4.69) is 54.6 Å². The number of nitrogens with zero attached hydrogens (tertiary/aromatic N) is 2. The first-order valence-electron chi connectivity index (χ1n) is 8.56. The Hall–Kier alpha value is -3.12. The van der Waals surface area contributed by atoms with E-state index >= 15 is 0 Å². The first-order valence-corrected chi connectivity index (χ1v) is 8.56. The quantitative estimate of drug-likeness (QED) is 0.453. The monoisotopic (exact) mass is 326 g/mol. The second-order valence-corrected chi connectivity index (χ2v) is 6.15. The van der Waals surface area contributed by atoms with Crippen molar-refractivity contribution >= 4 is 5.71 Å². The van der Waals surface area contributed by atoms with E-state index in [1.165, 1.54) is 22.3 Å². The smallest absolute Gasteiger partial charge is 0.128 e. The summed E-state index contributed by atoms with van der Waals surface area (Å²) in [5.41, 5.74) is 5.81. The fraction of sp³-hybridized carbons (Fsp3) is 0.182. The van der Waals surface area contributed by atoms with Crippen LogP contribution in [0.2, 0.25) is 0 Å². The van der Waals surface area contributed by atoms with Crippen molar-refractivity contribution in [2.75, 3.05) is 0 Å². The molecule has 0 bridgehead atoms. The maximum absolute atomic E-state index is 8.85. The predicted molar refractivity (Wildman–Crippen MR) is 98.4 cm³/mol. The molecule has 1 unspecified atom stereocenters. The number of fused-ring (bicyclic) bond motifs is 3. The summed E-state index contributed by atoms with van der Waals surface area (Å²) >= 11 is 0. The molecule has 2 aromatic carbocycles. The van der Waals surface area contributed by atoms with Crippen molar-refractivity contribution in [1.82, 2.24) is 0 Å². The third-order valence-electron chi connectivity index (χ3n) is 4.58. The molecule has 0 spiro atoms. The molecule has 0 aliphatic heterocycles. The van der Waals surface area contributed by atoms with Crippen LogP contribution in [0.15, 0.2) is 76.3 Å². The molecule has 1 atom stereocenters. The normalized spacial score (nSPS) is 13.0. The summed E-state index contributed by atoms with van der Waals surface area (Å²) in [6, 6.07) is 22.8. The molecule has 0 N–H and O–H groups in total. The molecule has 1 heterocycles. The zero-order chi connectivity index (χ0) is 17.1. The topological polar surface area (TPSA) is 49.3 Å². The standard InChI is InChI=1S/C22H18N2O/c23-14-6-5-12-20(21-13-7-15-25-21)24-22-18-10-3-1-8-16(18)17-9-2-4-11-19(17)22/h1-4,7-11,13,15,20H,5-6,12H2. The van der Waals surface area contributed by atoms with Crippen molar-refractivity contribution in [1.29, 1.82) is 5.26 Å². The predicted octanol–water partition coefficient (Wildman–Crippen LogP) is 5.53. The van der Waals surface area contributed by atoms with Crippen molar-refractivity contribution in [3.63, 3.8) is 0 Å². The molecular weight excluding hydrogens is 308 g/mol. The Labute approximate surface area is 147 Å². The number of nitriles is 1. The molecule has 1 aromatic heterocycles. The van der Waals surface area contributed by atoms with E-state index in [9.17, 15) is 0 Å². The number of aliphatic imine (C=N–C) groups is 1. The largest absolute Gasteiger partial charge is 0.467 e. The van der Waals surface area contributed by atoms with Gasteiger partial charge in [0.25, 0.3) is 0 Å². The van der Waals surface area contributed by atoms with Crippen molar-refractivity contribution < 1.29 is 4.42 Å². The van der Waals surface area contributed by atoms with Crippen LogP contribution in [0.1, 0.15) is 42.2 Å². The molecule has 3 aromatic rings. The summed E-state index contributed by atoms with van der Waals surface area (Å²) in [6.45, 7) is 0. The second-order valence-electron chi connectivity index (χ2n) is 6.15. The zero-order valence-corrected chi connectivity index (χ0v) is 13.9. The minimum atomic E-state index is -0.0717. The Morgan fingerprint density at radius 2 is 1.52 bits per heavy atom. The minimum Gasteiger partial charge on any atom is -0.467 e. The lowest BCUT2D eigenvalue weighted by atomic mass is 10.1. The second kappa shape index (κ2) is 6.78. The maximum Gasteiger partial charge on any atom is 0.128 e.